The van der Waals surface area contributed by atoms with Crippen LogP contribution in [-0.4, -0.2) is 42.0 Å². The normalized spacial score (nSPS) is 21.8. The van der Waals surface area contributed by atoms with Crippen LogP contribution < -0.4 is 11.1 Å². The van der Waals surface area contributed by atoms with E-state index in [0.717, 1.165) is 19.6 Å². The van der Waals surface area contributed by atoms with Gasteiger partial charge in [0.15, 0.2) is 0 Å². The van der Waals surface area contributed by atoms with Crippen molar-refractivity contribution < 1.29 is 4.79 Å². The Morgan fingerprint density at radius 2 is 2.06 bits per heavy atom. The minimum atomic E-state index is -0.685. The predicted molar refractivity (Wildman–Crippen MR) is 70.8 cm³/mol. The Labute approximate surface area is 105 Å². The van der Waals surface area contributed by atoms with Crippen molar-refractivity contribution in [1.82, 2.24) is 10.2 Å². The van der Waals surface area contributed by atoms with E-state index in [0.29, 0.717) is 18.9 Å². The zero-order valence-corrected chi connectivity index (χ0v) is 11.5. The van der Waals surface area contributed by atoms with Gasteiger partial charge in [-0.25, -0.2) is 0 Å². The number of carbonyl (C=O) groups excluding carboxylic acids is 1. The summed E-state index contributed by atoms with van der Waals surface area (Å²) in [5.41, 5.74) is 5.38. The highest BCUT2D eigenvalue weighted by atomic mass is 16.2. The molecule has 0 aliphatic carbocycles. The van der Waals surface area contributed by atoms with Gasteiger partial charge in [-0.05, 0) is 38.8 Å². The van der Waals surface area contributed by atoms with Gasteiger partial charge >= 0.3 is 0 Å². The van der Waals surface area contributed by atoms with Gasteiger partial charge in [0.05, 0.1) is 5.54 Å². The molecule has 1 amide bonds. The minimum Gasteiger partial charge on any atom is -0.353 e. The number of likely N-dealkylation sites (tertiary alicyclic amines) is 1. The Bertz CT molecular complexity index is 251. The molecule has 0 aromatic rings. The monoisotopic (exact) mass is 241 g/mol. The maximum absolute atomic E-state index is 12.0. The molecule has 1 heterocycles. The highest BCUT2D eigenvalue weighted by Crippen LogP contribution is 2.16. The Kier molecular flexibility index (Phi) is 5.40. The molecule has 0 aromatic carbocycles. The fourth-order valence-electron chi connectivity index (χ4n) is 2.50. The number of amides is 1. The van der Waals surface area contributed by atoms with Crippen LogP contribution in [0.5, 0.6) is 0 Å². The van der Waals surface area contributed by atoms with Crippen LogP contribution in [-0.2, 0) is 4.79 Å². The third kappa shape index (κ3) is 3.42. The molecule has 3 N–H and O–H groups in total. The molecule has 1 saturated heterocycles. The second kappa shape index (κ2) is 6.36. The molecule has 0 radical (unpaired) electrons. The molecule has 1 rings (SSSR count). The van der Waals surface area contributed by atoms with Gasteiger partial charge in [-0.3, -0.25) is 9.69 Å². The lowest BCUT2D eigenvalue weighted by molar-refractivity contribution is -0.126. The van der Waals surface area contributed by atoms with Crippen LogP contribution in [0.1, 0.15) is 46.5 Å². The first-order valence-electron chi connectivity index (χ1n) is 6.88. The van der Waals surface area contributed by atoms with Crippen LogP contribution in [0.4, 0.5) is 0 Å². The van der Waals surface area contributed by atoms with E-state index in [9.17, 15) is 4.79 Å². The molecule has 100 valence electrons. The lowest BCUT2D eigenvalue weighted by Crippen LogP contribution is -2.55. The zero-order valence-electron chi connectivity index (χ0n) is 11.5. The van der Waals surface area contributed by atoms with Crippen molar-refractivity contribution in [2.45, 2.75) is 58.0 Å². The van der Waals surface area contributed by atoms with E-state index in [-0.39, 0.29) is 5.91 Å². The average molecular weight is 241 g/mol. The molecule has 1 unspecified atom stereocenters. The SMILES string of the molecule is CCN1CCCC1CNC(=O)C(N)(CC)CC. The smallest absolute Gasteiger partial charge is 0.240 e. The van der Waals surface area contributed by atoms with Gasteiger partial charge in [-0.15, -0.1) is 0 Å². The highest BCUT2D eigenvalue weighted by molar-refractivity contribution is 5.85. The molecule has 17 heavy (non-hydrogen) atoms. The number of rotatable bonds is 6. The molecule has 0 saturated carbocycles. The quantitative estimate of drug-likeness (QED) is 0.732. The molecule has 1 aliphatic rings. The van der Waals surface area contributed by atoms with Gasteiger partial charge in [0.2, 0.25) is 5.91 Å². The van der Waals surface area contributed by atoms with E-state index < -0.39 is 5.54 Å². The van der Waals surface area contributed by atoms with E-state index >= 15 is 0 Å². The molecular formula is C13H27N3O. The van der Waals surface area contributed by atoms with Gasteiger partial charge < -0.3 is 11.1 Å². The molecular weight excluding hydrogens is 214 g/mol. The Balaban J connectivity index is 2.42. The lowest BCUT2D eigenvalue weighted by Gasteiger charge is -2.28. The van der Waals surface area contributed by atoms with E-state index in [1.165, 1.54) is 12.8 Å². The van der Waals surface area contributed by atoms with Crippen molar-refractivity contribution in [2.24, 2.45) is 5.73 Å². The molecule has 0 bridgehead atoms. The number of hydrogen-bond acceptors (Lipinski definition) is 3. The largest absolute Gasteiger partial charge is 0.353 e. The van der Waals surface area contributed by atoms with Crippen molar-refractivity contribution in [3.8, 4) is 0 Å². The summed E-state index contributed by atoms with van der Waals surface area (Å²) in [6.07, 6.45) is 3.81. The first kappa shape index (κ1) is 14.5. The van der Waals surface area contributed by atoms with Crippen LogP contribution in [0.25, 0.3) is 0 Å². The number of carbonyl (C=O) groups is 1. The van der Waals surface area contributed by atoms with Crippen LogP contribution in [0.2, 0.25) is 0 Å². The topological polar surface area (TPSA) is 58.4 Å². The van der Waals surface area contributed by atoms with E-state index in [2.05, 4.69) is 17.1 Å². The van der Waals surface area contributed by atoms with Gasteiger partial charge in [-0.1, -0.05) is 20.8 Å². The van der Waals surface area contributed by atoms with Crippen molar-refractivity contribution in [3.63, 3.8) is 0 Å². The summed E-state index contributed by atoms with van der Waals surface area (Å²) in [5.74, 6) is 0.00505. The average Bonchev–Trinajstić information content (AvgIpc) is 2.82. The van der Waals surface area contributed by atoms with Gasteiger partial charge in [0.1, 0.15) is 0 Å². The highest BCUT2D eigenvalue weighted by Gasteiger charge is 2.31. The first-order chi connectivity index (χ1) is 8.07. The first-order valence-corrected chi connectivity index (χ1v) is 6.88. The fourth-order valence-corrected chi connectivity index (χ4v) is 2.50. The summed E-state index contributed by atoms with van der Waals surface area (Å²) in [7, 11) is 0. The van der Waals surface area contributed by atoms with E-state index in [4.69, 9.17) is 5.73 Å². The van der Waals surface area contributed by atoms with Crippen molar-refractivity contribution >= 4 is 5.91 Å². The zero-order chi connectivity index (χ0) is 12.9. The van der Waals surface area contributed by atoms with Crippen molar-refractivity contribution in [1.29, 1.82) is 0 Å². The molecule has 4 nitrogen and oxygen atoms in total. The summed E-state index contributed by atoms with van der Waals surface area (Å²) >= 11 is 0. The maximum atomic E-state index is 12.0. The summed E-state index contributed by atoms with van der Waals surface area (Å²) in [6, 6.07) is 0.502. The number of likely N-dealkylation sites (N-methyl/N-ethyl adjacent to an activating group) is 1. The molecule has 4 heteroatoms. The van der Waals surface area contributed by atoms with Gasteiger partial charge in [-0.2, -0.15) is 0 Å². The Morgan fingerprint density at radius 3 is 2.59 bits per heavy atom. The maximum Gasteiger partial charge on any atom is 0.240 e. The van der Waals surface area contributed by atoms with Crippen LogP contribution >= 0.6 is 0 Å². The molecule has 1 aliphatic heterocycles. The molecule has 1 atom stereocenters. The van der Waals surface area contributed by atoms with E-state index in [1.807, 2.05) is 13.8 Å². The third-order valence-corrected chi connectivity index (χ3v) is 4.12. The Morgan fingerprint density at radius 1 is 1.41 bits per heavy atom. The van der Waals surface area contributed by atoms with Crippen molar-refractivity contribution in [2.75, 3.05) is 19.6 Å². The molecule has 0 spiro atoms. The Hall–Kier alpha value is -0.610. The van der Waals surface area contributed by atoms with Gasteiger partial charge in [0.25, 0.3) is 0 Å². The number of nitrogens with one attached hydrogen (secondary N) is 1. The van der Waals surface area contributed by atoms with Gasteiger partial charge in [0, 0.05) is 12.6 Å². The van der Waals surface area contributed by atoms with E-state index in [1.54, 1.807) is 0 Å². The standard InChI is InChI=1S/C13H27N3O/c1-4-13(14,5-2)12(17)15-10-11-8-7-9-16(11)6-3/h11H,4-10,14H2,1-3H3,(H,15,17). The van der Waals surface area contributed by atoms with Crippen LogP contribution in [0.3, 0.4) is 0 Å². The summed E-state index contributed by atoms with van der Waals surface area (Å²) in [6.45, 7) is 9.08. The fraction of sp³-hybridized carbons (Fsp3) is 0.923. The molecule has 1 fully saturated rings. The number of hydrogen-bond donors (Lipinski definition) is 2. The van der Waals surface area contributed by atoms with Crippen LogP contribution in [0.15, 0.2) is 0 Å². The van der Waals surface area contributed by atoms with Crippen LogP contribution in [0, 0.1) is 0 Å². The lowest BCUT2D eigenvalue weighted by atomic mass is 9.93. The number of nitrogens with two attached hydrogens (primary N) is 1. The number of nitrogens with zero attached hydrogens (tertiary/aromatic N) is 1. The summed E-state index contributed by atoms with van der Waals surface area (Å²) in [5, 5.41) is 3.03. The minimum absolute atomic E-state index is 0.00505. The summed E-state index contributed by atoms with van der Waals surface area (Å²) in [4.78, 5) is 14.5. The van der Waals surface area contributed by atoms with Crippen molar-refractivity contribution in [3.05, 3.63) is 0 Å². The third-order valence-electron chi connectivity index (χ3n) is 4.12. The predicted octanol–water partition coefficient (Wildman–Crippen LogP) is 1.10. The second-order valence-electron chi connectivity index (χ2n) is 5.00. The summed E-state index contributed by atoms with van der Waals surface area (Å²) < 4.78 is 0. The second-order valence-corrected chi connectivity index (χ2v) is 5.00. The molecule has 0 aromatic heterocycles.